The molecule has 0 bridgehead atoms. The van der Waals surface area contributed by atoms with Crippen molar-refractivity contribution in [2.75, 3.05) is 18.7 Å². The summed E-state index contributed by atoms with van der Waals surface area (Å²) in [7, 11) is -1.83. The summed E-state index contributed by atoms with van der Waals surface area (Å²) >= 11 is 0. The maximum absolute atomic E-state index is 12.1. The molecule has 2 rings (SSSR count). The number of sulfone groups is 1. The van der Waals surface area contributed by atoms with E-state index in [0.717, 1.165) is 6.26 Å². The highest BCUT2D eigenvalue weighted by Crippen LogP contribution is 2.24. The maximum Gasteiger partial charge on any atom is 0.259 e. The van der Waals surface area contributed by atoms with Crippen LogP contribution in [-0.2, 0) is 9.84 Å². The molecule has 0 unspecified atom stereocenters. The number of anilines is 1. The minimum Gasteiger partial charge on any atom is -0.507 e. The smallest absolute Gasteiger partial charge is 0.259 e. The number of benzene rings is 2. The number of hydrogen-bond acceptors (Lipinski definition) is 5. The number of phenols is 1. The monoisotopic (exact) mass is 321 g/mol. The van der Waals surface area contributed by atoms with E-state index in [-0.39, 0.29) is 16.2 Å². The minimum absolute atomic E-state index is 0.0907. The van der Waals surface area contributed by atoms with Gasteiger partial charge in [0.05, 0.1) is 17.6 Å². The van der Waals surface area contributed by atoms with E-state index >= 15 is 0 Å². The second kappa shape index (κ2) is 6.07. The van der Waals surface area contributed by atoms with Crippen molar-refractivity contribution in [1.29, 1.82) is 0 Å². The standard InChI is InChI=1S/C15H15NO5S/c1-21-11-5-8-13(14(17)9-11)15(18)16-10-3-6-12(7-4-10)22(2,19)20/h3-9,17H,1-2H3,(H,16,18). The molecule has 2 aromatic rings. The van der Waals surface area contributed by atoms with Crippen molar-refractivity contribution in [3.63, 3.8) is 0 Å². The first-order chi connectivity index (χ1) is 10.3. The summed E-state index contributed by atoms with van der Waals surface area (Å²) in [6.45, 7) is 0. The van der Waals surface area contributed by atoms with Crippen LogP contribution in [0.15, 0.2) is 47.4 Å². The summed E-state index contributed by atoms with van der Waals surface area (Å²) in [5.74, 6) is -0.275. The predicted octanol–water partition coefficient (Wildman–Crippen LogP) is 2.06. The quantitative estimate of drug-likeness (QED) is 0.899. The van der Waals surface area contributed by atoms with Gasteiger partial charge in [-0.3, -0.25) is 4.79 Å². The van der Waals surface area contributed by atoms with Gasteiger partial charge >= 0.3 is 0 Å². The second-order valence-electron chi connectivity index (χ2n) is 4.63. The molecule has 0 aliphatic rings. The van der Waals surface area contributed by atoms with Crippen molar-refractivity contribution < 1.29 is 23.1 Å². The number of phenolic OH excluding ortho intramolecular Hbond substituents is 1. The van der Waals surface area contributed by atoms with Gasteiger partial charge in [-0.1, -0.05) is 0 Å². The normalized spacial score (nSPS) is 11.0. The summed E-state index contributed by atoms with van der Waals surface area (Å²) in [4.78, 5) is 12.3. The zero-order valence-electron chi connectivity index (χ0n) is 12.0. The summed E-state index contributed by atoms with van der Waals surface area (Å²) < 4.78 is 27.7. The first kappa shape index (κ1) is 15.8. The van der Waals surface area contributed by atoms with Crippen molar-refractivity contribution in [2.45, 2.75) is 4.90 Å². The Kier molecular flexibility index (Phi) is 4.37. The zero-order chi connectivity index (χ0) is 16.3. The largest absolute Gasteiger partial charge is 0.507 e. The Labute approximate surface area is 128 Å². The Hall–Kier alpha value is -2.54. The van der Waals surface area contributed by atoms with E-state index in [4.69, 9.17) is 4.74 Å². The van der Waals surface area contributed by atoms with Crippen LogP contribution in [0, 0.1) is 0 Å². The first-order valence-electron chi connectivity index (χ1n) is 6.30. The van der Waals surface area contributed by atoms with E-state index in [1.165, 1.54) is 43.5 Å². The molecule has 0 atom stereocenters. The van der Waals surface area contributed by atoms with Crippen molar-refractivity contribution >= 4 is 21.4 Å². The molecular formula is C15H15NO5S. The van der Waals surface area contributed by atoms with Crippen LogP contribution < -0.4 is 10.1 Å². The fraction of sp³-hybridized carbons (Fsp3) is 0.133. The number of nitrogens with one attached hydrogen (secondary N) is 1. The number of hydrogen-bond donors (Lipinski definition) is 2. The third-order valence-corrected chi connectivity index (χ3v) is 4.12. The van der Waals surface area contributed by atoms with Gasteiger partial charge in [-0.2, -0.15) is 0 Å². The number of carbonyl (C=O) groups excluding carboxylic acids is 1. The first-order valence-corrected chi connectivity index (χ1v) is 8.19. The number of aromatic hydroxyl groups is 1. The van der Waals surface area contributed by atoms with Crippen LogP contribution in [0.3, 0.4) is 0 Å². The zero-order valence-corrected chi connectivity index (χ0v) is 12.8. The summed E-state index contributed by atoms with van der Waals surface area (Å²) in [5.41, 5.74) is 0.514. The topological polar surface area (TPSA) is 92.7 Å². The highest BCUT2D eigenvalue weighted by molar-refractivity contribution is 7.90. The van der Waals surface area contributed by atoms with Gasteiger partial charge < -0.3 is 15.2 Å². The lowest BCUT2D eigenvalue weighted by atomic mass is 10.1. The molecule has 0 aliphatic carbocycles. The average molecular weight is 321 g/mol. The molecule has 0 saturated carbocycles. The lowest BCUT2D eigenvalue weighted by molar-refractivity contribution is 0.102. The molecule has 0 radical (unpaired) electrons. The van der Waals surface area contributed by atoms with E-state index in [9.17, 15) is 18.3 Å². The van der Waals surface area contributed by atoms with Gasteiger partial charge in [-0.15, -0.1) is 0 Å². The molecule has 2 N–H and O–H groups in total. The molecule has 2 aromatic carbocycles. The number of ether oxygens (including phenoxy) is 1. The van der Waals surface area contributed by atoms with Crippen LogP contribution in [0.1, 0.15) is 10.4 Å². The summed E-state index contributed by atoms with van der Waals surface area (Å²) in [5, 5.41) is 12.4. The van der Waals surface area contributed by atoms with Crippen LogP contribution in [-0.4, -0.2) is 32.8 Å². The van der Waals surface area contributed by atoms with Gasteiger partial charge in [-0.05, 0) is 36.4 Å². The molecule has 22 heavy (non-hydrogen) atoms. The highest BCUT2D eigenvalue weighted by Gasteiger charge is 2.13. The fourth-order valence-electron chi connectivity index (χ4n) is 1.81. The van der Waals surface area contributed by atoms with Crippen LogP contribution in [0.25, 0.3) is 0 Å². The molecule has 0 heterocycles. The molecule has 0 aliphatic heterocycles. The lowest BCUT2D eigenvalue weighted by Crippen LogP contribution is -2.12. The number of carbonyl (C=O) groups is 1. The van der Waals surface area contributed by atoms with E-state index < -0.39 is 15.7 Å². The molecule has 6 nitrogen and oxygen atoms in total. The lowest BCUT2D eigenvalue weighted by Gasteiger charge is -2.08. The third kappa shape index (κ3) is 3.56. The van der Waals surface area contributed by atoms with Crippen LogP contribution in [0.5, 0.6) is 11.5 Å². The van der Waals surface area contributed by atoms with E-state index in [2.05, 4.69) is 5.32 Å². The maximum atomic E-state index is 12.1. The van der Waals surface area contributed by atoms with Gasteiger partial charge in [0.1, 0.15) is 11.5 Å². The molecule has 0 saturated heterocycles. The number of amides is 1. The van der Waals surface area contributed by atoms with Gasteiger partial charge in [0.15, 0.2) is 9.84 Å². The summed E-state index contributed by atoms with van der Waals surface area (Å²) in [6, 6.07) is 10.1. The van der Waals surface area contributed by atoms with Gasteiger partial charge in [0.25, 0.3) is 5.91 Å². The van der Waals surface area contributed by atoms with Gasteiger partial charge in [0, 0.05) is 18.0 Å². The van der Waals surface area contributed by atoms with E-state index in [1.54, 1.807) is 6.07 Å². The number of rotatable bonds is 4. The van der Waals surface area contributed by atoms with Crippen molar-refractivity contribution in [1.82, 2.24) is 0 Å². The average Bonchev–Trinajstić information content (AvgIpc) is 2.46. The Balaban J connectivity index is 2.19. The van der Waals surface area contributed by atoms with Gasteiger partial charge in [0.2, 0.25) is 0 Å². The van der Waals surface area contributed by atoms with Crippen molar-refractivity contribution in [3.05, 3.63) is 48.0 Å². The van der Waals surface area contributed by atoms with E-state index in [0.29, 0.717) is 11.4 Å². The van der Waals surface area contributed by atoms with Crippen LogP contribution in [0.2, 0.25) is 0 Å². The Bertz CT molecular complexity index is 797. The molecule has 1 amide bonds. The third-order valence-electron chi connectivity index (χ3n) is 2.99. The Morgan fingerprint density at radius 3 is 2.27 bits per heavy atom. The minimum atomic E-state index is -3.28. The molecular weight excluding hydrogens is 306 g/mol. The molecule has 116 valence electrons. The summed E-state index contributed by atoms with van der Waals surface area (Å²) in [6.07, 6.45) is 1.11. The van der Waals surface area contributed by atoms with Crippen LogP contribution >= 0.6 is 0 Å². The van der Waals surface area contributed by atoms with Gasteiger partial charge in [-0.25, -0.2) is 8.42 Å². The number of methoxy groups -OCH3 is 1. The van der Waals surface area contributed by atoms with Crippen molar-refractivity contribution in [3.8, 4) is 11.5 Å². The Morgan fingerprint density at radius 2 is 1.77 bits per heavy atom. The second-order valence-corrected chi connectivity index (χ2v) is 6.65. The molecule has 7 heteroatoms. The van der Waals surface area contributed by atoms with Crippen molar-refractivity contribution in [2.24, 2.45) is 0 Å². The van der Waals surface area contributed by atoms with E-state index in [1.807, 2.05) is 0 Å². The molecule has 0 aromatic heterocycles. The Morgan fingerprint density at radius 1 is 1.14 bits per heavy atom. The predicted molar refractivity (Wildman–Crippen MR) is 82.2 cm³/mol. The van der Waals surface area contributed by atoms with Crippen LogP contribution in [0.4, 0.5) is 5.69 Å². The highest BCUT2D eigenvalue weighted by atomic mass is 32.2. The fourth-order valence-corrected chi connectivity index (χ4v) is 2.44. The molecule has 0 fully saturated rings. The molecule has 0 spiro atoms. The SMILES string of the molecule is COc1ccc(C(=O)Nc2ccc(S(C)(=O)=O)cc2)c(O)c1.